The van der Waals surface area contributed by atoms with Crippen LogP contribution in [0, 0.1) is 5.41 Å². The van der Waals surface area contributed by atoms with Crippen molar-refractivity contribution in [3.63, 3.8) is 0 Å². The molecule has 14 heavy (non-hydrogen) atoms. The van der Waals surface area contributed by atoms with Crippen LogP contribution in [0.5, 0.6) is 0 Å². The van der Waals surface area contributed by atoms with Crippen molar-refractivity contribution in [3.05, 3.63) is 34.3 Å². The number of carbonyl (C=O) groups is 1. The van der Waals surface area contributed by atoms with Crippen LogP contribution in [0.15, 0.2) is 18.2 Å². The van der Waals surface area contributed by atoms with E-state index in [0.717, 1.165) is 41.8 Å². The van der Waals surface area contributed by atoms with E-state index in [1.54, 1.807) is 0 Å². The summed E-state index contributed by atoms with van der Waals surface area (Å²) in [5.74, 6) is 0.357. The predicted octanol–water partition coefficient (Wildman–Crippen LogP) is 3.25. The van der Waals surface area contributed by atoms with Crippen molar-refractivity contribution < 1.29 is 4.79 Å². The third kappa shape index (κ3) is 1.05. The van der Waals surface area contributed by atoms with E-state index in [9.17, 15) is 4.79 Å². The minimum absolute atomic E-state index is 0.0425. The predicted molar refractivity (Wildman–Crippen MR) is 55.8 cm³/mol. The van der Waals surface area contributed by atoms with Gasteiger partial charge in [0.25, 0.3) is 0 Å². The van der Waals surface area contributed by atoms with Crippen molar-refractivity contribution in [2.45, 2.75) is 25.7 Å². The zero-order valence-corrected chi connectivity index (χ0v) is 8.60. The lowest BCUT2D eigenvalue weighted by molar-refractivity contribution is 0.0880. The quantitative estimate of drug-likeness (QED) is 0.637. The van der Waals surface area contributed by atoms with E-state index >= 15 is 0 Å². The van der Waals surface area contributed by atoms with Crippen molar-refractivity contribution in [2.24, 2.45) is 5.41 Å². The number of carbonyl (C=O) groups excluding carboxylic acids is 1. The maximum absolute atomic E-state index is 12.1. The summed E-state index contributed by atoms with van der Waals surface area (Å²) < 4.78 is 0. The Morgan fingerprint density at radius 2 is 2.00 bits per heavy atom. The van der Waals surface area contributed by atoms with Crippen molar-refractivity contribution in [1.29, 1.82) is 0 Å². The highest BCUT2D eigenvalue weighted by Gasteiger charge is 2.51. The van der Waals surface area contributed by atoms with Crippen molar-refractivity contribution in [1.82, 2.24) is 0 Å². The topological polar surface area (TPSA) is 17.1 Å². The molecule has 1 spiro atoms. The Kier molecular flexibility index (Phi) is 1.58. The number of aryl methyl sites for hydroxylation is 1. The summed E-state index contributed by atoms with van der Waals surface area (Å²) >= 11 is 5.90. The highest BCUT2D eigenvalue weighted by Crippen LogP contribution is 2.54. The molecule has 1 saturated carbocycles. The Morgan fingerprint density at radius 1 is 1.21 bits per heavy atom. The van der Waals surface area contributed by atoms with Gasteiger partial charge in [-0.25, -0.2) is 0 Å². The van der Waals surface area contributed by atoms with Crippen molar-refractivity contribution in [3.8, 4) is 0 Å². The number of halogens is 1. The van der Waals surface area contributed by atoms with Crippen LogP contribution in [0.4, 0.5) is 0 Å². The molecule has 0 radical (unpaired) electrons. The fourth-order valence-corrected chi connectivity index (χ4v) is 2.59. The molecule has 1 aromatic carbocycles. The molecular formula is C12H11ClO. The van der Waals surface area contributed by atoms with E-state index in [4.69, 9.17) is 11.6 Å². The Balaban J connectivity index is 2.12. The molecule has 2 aliphatic rings. The van der Waals surface area contributed by atoms with Gasteiger partial charge in [-0.05, 0) is 49.4 Å². The van der Waals surface area contributed by atoms with Gasteiger partial charge in [0.1, 0.15) is 0 Å². The van der Waals surface area contributed by atoms with Gasteiger partial charge < -0.3 is 0 Å². The summed E-state index contributed by atoms with van der Waals surface area (Å²) in [6, 6.07) is 5.64. The molecule has 0 N–H and O–H groups in total. The summed E-state index contributed by atoms with van der Waals surface area (Å²) in [6.07, 6.45) is 4.22. The highest BCUT2D eigenvalue weighted by atomic mass is 35.5. The largest absolute Gasteiger partial charge is 0.294 e. The Hall–Kier alpha value is -0.820. The highest BCUT2D eigenvalue weighted by molar-refractivity contribution is 6.30. The number of fused-ring (bicyclic) bond motifs is 1. The molecule has 0 aliphatic heterocycles. The van der Waals surface area contributed by atoms with Gasteiger partial charge in [-0.1, -0.05) is 11.6 Å². The molecule has 0 atom stereocenters. The first-order chi connectivity index (χ1) is 6.71. The van der Waals surface area contributed by atoms with E-state index in [1.165, 1.54) is 0 Å². The first-order valence-electron chi connectivity index (χ1n) is 5.05. The maximum atomic E-state index is 12.1. The van der Waals surface area contributed by atoms with Gasteiger partial charge in [0.2, 0.25) is 0 Å². The SMILES string of the molecule is O=C1c2ccc(Cl)cc2CCC12CC2. The minimum Gasteiger partial charge on any atom is -0.294 e. The second-order valence-electron chi connectivity index (χ2n) is 4.41. The van der Waals surface area contributed by atoms with E-state index in [0.29, 0.717) is 5.78 Å². The third-order valence-corrected chi connectivity index (χ3v) is 3.76. The standard InChI is InChI=1S/C12H11ClO/c13-9-1-2-10-8(7-9)3-4-12(5-6-12)11(10)14/h1-2,7H,3-6H2. The van der Waals surface area contributed by atoms with Crippen LogP contribution in [0.3, 0.4) is 0 Å². The normalized spacial score (nSPS) is 22.2. The van der Waals surface area contributed by atoms with E-state index in [2.05, 4.69) is 0 Å². The minimum atomic E-state index is 0.0425. The van der Waals surface area contributed by atoms with Crippen LogP contribution in [0.25, 0.3) is 0 Å². The van der Waals surface area contributed by atoms with Crippen LogP contribution in [0.2, 0.25) is 5.02 Å². The van der Waals surface area contributed by atoms with Crippen LogP contribution >= 0.6 is 11.6 Å². The molecule has 0 unspecified atom stereocenters. The molecule has 1 aromatic rings. The fraction of sp³-hybridized carbons (Fsp3) is 0.417. The molecule has 0 saturated heterocycles. The van der Waals surface area contributed by atoms with E-state index in [-0.39, 0.29) is 5.41 Å². The molecule has 1 fully saturated rings. The first kappa shape index (κ1) is 8.49. The Bertz CT molecular complexity index is 418. The van der Waals surface area contributed by atoms with Crippen LogP contribution in [0.1, 0.15) is 35.2 Å². The van der Waals surface area contributed by atoms with Gasteiger partial charge in [-0.2, -0.15) is 0 Å². The average molecular weight is 207 g/mol. The molecule has 0 heterocycles. The zero-order valence-electron chi connectivity index (χ0n) is 7.85. The van der Waals surface area contributed by atoms with Gasteiger partial charge in [0.05, 0.1) is 0 Å². The number of benzene rings is 1. The van der Waals surface area contributed by atoms with Gasteiger partial charge in [-0.15, -0.1) is 0 Å². The lowest BCUT2D eigenvalue weighted by atomic mass is 9.80. The number of rotatable bonds is 0. The monoisotopic (exact) mass is 206 g/mol. The van der Waals surface area contributed by atoms with Crippen LogP contribution < -0.4 is 0 Å². The molecule has 2 aliphatic carbocycles. The molecule has 0 bridgehead atoms. The average Bonchev–Trinajstić information content (AvgIpc) is 2.93. The molecule has 2 heteroatoms. The second-order valence-corrected chi connectivity index (χ2v) is 4.85. The van der Waals surface area contributed by atoms with Gasteiger partial charge in [0.15, 0.2) is 5.78 Å². The molecule has 0 amide bonds. The summed E-state index contributed by atoms with van der Waals surface area (Å²) in [7, 11) is 0. The fourth-order valence-electron chi connectivity index (χ4n) is 2.39. The molecule has 1 nitrogen and oxygen atoms in total. The van der Waals surface area contributed by atoms with Crippen molar-refractivity contribution >= 4 is 17.4 Å². The number of ketones is 1. The lowest BCUT2D eigenvalue weighted by Crippen LogP contribution is -2.23. The maximum Gasteiger partial charge on any atom is 0.169 e. The first-order valence-corrected chi connectivity index (χ1v) is 5.42. The van der Waals surface area contributed by atoms with Gasteiger partial charge in [-0.3, -0.25) is 4.79 Å². The Labute approximate surface area is 88.1 Å². The zero-order chi connectivity index (χ0) is 9.76. The molecular weight excluding hydrogens is 196 g/mol. The van der Waals surface area contributed by atoms with E-state index in [1.807, 2.05) is 18.2 Å². The Morgan fingerprint density at radius 3 is 2.71 bits per heavy atom. The summed E-state index contributed by atoms with van der Waals surface area (Å²) in [5.41, 5.74) is 2.10. The lowest BCUT2D eigenvalue weighted by Gasteiger charge is -2.22. The smallest absolute Gasteiger partial charge is 0.169 e. The van der Waals surface area contributed by atoms with Crippen LogP contribution in [-0.4, -0.2) is 5.78 Å². The summed E-state index contributed by atoms with van der Waals surface area (Å²) in [5, 5.41) is 0.739. The van der Waals surface area contributed by atoms with Gasteiger partial charge >= 0.3 is 0 Å². The molecule has 3 rings (SSSR count). The summed E-state index contributed by atoms with van der Waals surface area (Å²) in [6.45, 7) is 0. The third-order valence-electron chi connectivity index (χ3n) is 3.52. The molecule has 72 valence electrons. The number of hydrogen-bond acceptors (Lipinski definition) is 1. The summed E-state index contributed by atoms with van der Waals surface area (Å²) in [4.78, 5) is 12.1. The number of hydrogen-bond donors (Lipinski definition) is 0. The van der Waals surface area contributed by atoms with E-state index < -0.39 is 0 Å². The van der Waals surface area contributed by atoms with Crippen LogP contribution in [-0.2, 0) is 6.42 Å². The van der Waals surface area contributed by atoms with Gasteiger partial charge in [0, 0.05) is 16.0 Å². The van der Waals surface area contributed by atoms with Crippen molar-refractivity contribution in [2.75, 3.05) is 0 Å². The second kappa shape index (κ2) is 2.60. The molecule has 0 aromatic heterocycles. The number of Topliss-reactive ketones (excluding diaryl/α,β-unsaturated/α-hetero) is 1.